The second-order valence-electron chi connectivity index (χ2n) is 8.96. The van der Waals surface area contributed by atoms with Gasteiger partial charge >= 0.3 is 0 Å². The minimum atomic E-state index is 0.220. The Kier molecular flexibility index (Phi) is 5.48. The predicted octanol–water partition coefficient (Wildman–Crippen LogP) is 8.76. The van der Waals surface area contributed by atoms with Crippen LogP contribution in [0.4, 0.5) is 0 Å². The van der Waals surface area contributed by atoms with Crippen molar-refractivity contribution in [1.29, 1.82) is 10.8 Å². The molecule has 0 atom stereocenters. The summed E-state index contributed by atoms with van der Waals surface area (Å²) in [6, 6.07) is 45.3. The van der Waals surface area contributed by atoms with Gasteiger partial charge in [-0.15, -0.1) is 0 Å². The molecular weight excluding hydrogens is 436 g/mol. The van der Waals surface area contributed by atoms with Crippen LogP contribution in [-0.2, 0) is 0 Å². The third kappa shape index (κ3) is 3.89. The van der Waals surface area contributed by atoms with E-state index in [-0.39, 0.29) is 11.4 Å². The summed E-state index contributed by atoms with van der Waals surface area (Å²) < 4.78 is 0. The number of rotatable bonds is 5. The zero-order chi connectivity index (χ0) is 24.5. The van der Waals surface area contributed by atoms with E-state index in [9.17, 15) is 0 Å². The van der Waals surface area contributed by atoms with Gasteiger partial charge in [0.15, 0.2) is 0 Å². The van der Waals surface area contributed by atoms with Gasteiger partial charge in [-0.2, -0.15) is 0 Å². The fraction of sp³-hybridized carbons (Fsp3) is 0. The molecule has 0 aromatic heterocycles. The lowest BCUT2D eigenvalue weighted by Crippen LogP contribution is -2.14. The number of hydrogen-bond acceptors (Lipinski definition) is 2. The zero-order valence-corrected chi connectivity index (χ0v) is 19.7. The summed E-state index contributed by atoms with van der Waals surface area (Å²) in [4.78, 5) is 0. The molecule has 6 aromatic carbocycles. The molecule has 0 heterocycles. The quantitative estimate of drug-likeness (QED) is 0.242. The Balaban J connectivity index is 1.25. The maximum Gasteiger partial charge on any atom is 0.0867 e. The van der Waals surface area contributed by atoms with Crippen molar-refractivity contribution in [3.63, 3.8) is 0 Å². The molecule has 0 aliphatic carbocycles. The lowest BCUT2D eigenvalue weighted by Gasteiger charge is -2.11. The van der Waals surface area contributed by atoms with E-state index >= 15 is 0 Å². The van der Waals surface area contributed by atoms with Crippen LogP contribution in [0.2, 0.25) is 0 Å². The first-order chi connectivity index (χ1) is 17.7. The first-order valence-corrected chi connectivity index (χ1v) is 12.0. The summed E-state index contributed by atoms with van der Waals surface area (Å²) in [6.07, 6.45) is 0. The first kappa shape index (κ1) is 21.7. The maximum atomic E-state index is 8.68. The van der Waals surface area contributed by atoms with Crippen molar-refractivity contribution in [3.8, 4) is 22.3 Å². The summed E-state index contributed by atoms with van der Waals surface area (Å²) in [5, 5.41) is 22.2. The predicted molar refractivity (Wildman–Crippen MR) is 152 cm³/mol. The van der Waals surface area contributed by atoms with Gasteiger partial charge < -0.3 is 0 Å². The normalized spacial score (nSPS) is 11.0. The molecule has 0 saturated carbocycles. The maximum absolute atomic E-state index is 8.68. The molecule has 0 fully saturated rings. The van der Waals surface area contributed by atoms with Crippen molar-refractivity contribution >= 4 is 33.0 Å². The number of hydrogen-bond donors (Lipinski definition) is 2. The van der Waals surface area contributed by atoms with Gasteiger partial charge in [-0.1, -0.05) is 133 Å². The fourth-order valence-corrected chi connectivity index (χ4v) is 4.88. The molecule has 2 nitrogen and oxygen atoms in total. The molecule has 0 saturated heterocycles. The van der Waals surface area contributed by atoms with Gasteiger partial charge in [-0.25, -0.2) is 0 Å². The second kappa shape index (κ2) is 9.09. The number of benzene rings is 6. The molecule has 0 aliphatic heterocycles. The van der Waals surface area contributed by atoms with E-state index in [1.807, 2.05) is 48.5 Å². The van der Waals surface area contributed by atoms with Crippen molar-refractivity contribution in [2.75, 3.05) is 0 Å². The van der Waals surface area contributed by atoms with E-state index in [4.69, 9.17) is 10.8 Å². The molecular formula is C34H24N2. The van der Waals surface area contributed by atoms with Crippen LogP contribution in [0, 0.1) is 10.8 Å². The van der Waals surface area contributed by atoms with Gasteiger partial charge in [0, 0.05) is 11.1 Å². The fourth-order valence-electron chi connectivity index (χ4n) is 4.88. The van der Waals surface area contributed by atoms with E-state index in [2.05, 4.69) is 84.9 Å². The highest BCUT2D eigenvalue weighted by molar-refractivity contribution is 6.51. The standard InChI is InChI=1S/C34H24N2/c35-33(27-19-15-25(16-20-27)31-13-5-9-23-7-1-3-11-29(23)31)34(36)28-21-17-26(18-22-28)32-14-6-10-24-8-2-4-12-30(24)32/h1-22,35-36H. The third-order valence-electron chi connectivity index (χ3n) is 6.80. The van der Waals surface area contributed by atoms with Crippen LogP contribution >= 0.6 is 0 Å². The molecule has 170 valence electrons. The monoisotopic (exact) mass is 460 g/mol. The van der Waals surface area contributed by atoms with Crippen molar-refractivity contribution in [3.05, 3.63) is 145 Å². The molecule has 2 N–H and O–H groups in total. The third-order valence-corrected chi connectivity index (χ3v) is 6.80. The second-order valence-corrected chi connectivity index (χ2v) is 8.96. The van der Waals surface area contributed by atoms with Gasteiger partial charge in [0.25, 0.3) is 0 Å². The minimum absolute atomic E-state index is 0.220. The molecule has 6 rings (SSSR count). The van der Waals surface area contributed by atoms with Gasteiger partial charge in [0.05, 0.1) is 11.4 Å². The molecule has 0 amide bonds. The Labute approximate surface area is 210 Å². The molecule has 0 unspecified atom stereocenters. The summed E-state index contributed by atoms with van der Waals surface area (Å²) in [7, 11) is 0. The Morgan fingerprint density at radius 2 is 0.722 bits per heavy atom. The van der Waals surface area contributed by atoms with Crippen LogP contribution < -0.4 is 0 Å². The van der Waals surface area contributed by atoms with Crippen molar-refractivity contribution < 1.29 is 0 Å². The summed E-state index contributed by atoms with van der Waals surface area (Å²) in [6.45, 7) is 0. The van der Waals surface area contributed by atoms with Crippen LogP contribution in [0.5, 0.6) is 0 Å². The highest BCUT2D eigenvalue weighted by atomic mass is 14.5. The van der Waals surface area contributed by atoms with E-state index in [0.29, 0.717) is 0 Å². The number of fused-ring (bicyclic) bond motifs is 2. The molecule has 0 bridgehead atoms. The molecule has 0 radical (unpaired) electrons. The molecule has 36 heavy (non-hydrogen) atoms. The lowest BCUT2D eigenvalue weighted by molar-refractivity contribution is 1.45. The van der Waals surface area contributed by atoms with Crippen LogP contribution in [0.15, 0.2) is 133 Å². The van der Waals surface area contributed by atoms with E-state index in [1.165, 1.54) is 32.7 Å². The highest BCUT2D eigenvalue weighted by Gasteiger charge is 2.12. The van der Waals surface area contributed by atoms with Crippen molar-refractivity contribution in [2.24, 2.45) is 0 Å². The molecule has 2 heteroatoms. The Bertz CT molecular complexity index is 1600. The lowest BCUT2D eigenvalue weighted by atomic mass is 9.94. The average Bonchev–Trinajstić information content (AvgIpc) is 2.96. The smallest absolute Gasteiger partial charge is 0.0867 e. The zero-order valence-electron chi connectivity index (χ0n) is 19.7. The van der Waals surface area contributed by atoms with Crippen molar-refractivity contribution in [2.45, 2.75) is 0 Å². The summed E-state index contributed by atoms with van der Waals surface area (Å²) in [5.41, 5.74) is 6.47. The first-order valence-electron chi connectivity index (χ1n) is 12.0. The topological polar surface area (TPSA) is 47.7 Å². The molecule has 0 spiro atoms. The average molecular weight is 461 g/mol. The van der Waals surface area contributed by atoms with Crippen LogP contribution in [0.1, 0.15) is 11.1 Å². The van der Waals surface area contributed by atoms with Crippen LogP contribution in [-0.4, -0.2) is 11.4 Å². The summed E-state index contributed by atoms with van der Waals surface area (Å²) >= 11 is 0. The van der Waals surface area contributed by atoms with E-state index in [1.54, 1.807) is 0 Å². The SMILES string of the molecule is N=C(C(=N)c1ccc(-c2cccc3ccccc23)cc1)c1ccc(-c2cccc3ccccc23)cc1. The van der Waals surface area contributed by atoms with E-state index < -0.39 is 0 Å². The minimum Gasteiger partial charge on any atom is -0.298 e. The Morgan fingerprint density at radius 1 is 0.361 bits per heavy atom. The molecule has 6 aromatic rings. The van der Waals surface area contributed by atoms with Crippen LogP contribution in [0.3, 0.4) is 0 Å². The van der Waals surface area contributed by atoms with Crippen molar-refractivity contribution in [1.82, 2.24) is 0 Å². The Morgan fingerprint density at radius 3 is 1.14 bits per heavy atom. The Hall–Kier alpha value is -4.82. The van der Waals surface area contributed by atoms with Crippen LogP contribution in [0.25, 0.3) is 43.8 Å². The van der Waals surface area contributed by atoms with Gasteiger partial charge in [0.2, 0.25) is 0 Å². The largest absolute Gasteiger partial charge is 0.298 e. The van der Waals surface area contributed by atoms with Gasteiger partial charge in [-0.3, -0.25) is 10.8 Å². The molecule has 0 aliphatic rings. The summed E-state index contributed by atoms with van der Waals surface area (Å²) in [5.74, 6) is 0. The number of nitrogens with one attached hydrogen (secondary N) is 2. The van der Waals surface area contributed by atoms with Gasteiger partial charge in [-0.05, 0) is 43.8 Å². The van der Waals surface area contributed by atoms with Gasteiger partial charge in [0.1, 0.15) is 0 Å². The van der Waals surface area contributed by atoms with E-state index in [0.717, 1.165) is 22.3 Å². The highest BCUT2D eigenvalue weighted by Crippen LogP contribution is 2.30.